The van der Waals surface area contributed by atoms with Crippen LogP contribution < -0.4 is 10.6 Å². The van der Waals surface area contributed by atoms with Crippen LogP contribution in [0.2, 0.25) is 0 Å². The fourth-order valence-corrected chi connectivity index (χ4v) is 3.05. The lowest BCUT2D eigenvalue weighted by Crippen LogP contribution is -2.38. The Labute approximate surface area is 171 Å². The van der Waals surface area contributed by atoms with Gasteiger partial charge in [-0.3, -0.25) is 0 Å². The first-order valence-electron chi connectivity index (χ1n) is 9.91. The van der Waals surface area contributed by atoms with Crippen molar-refractivity contribution in [2.75, 3.05) is 6.54 Å². The molecule has 0 fully saturated rings. The molecule has 0 amide bonds. The molecule has 1 atom stereocenters. The number of nitrogens with one attached hydrogen (secondary N) is 2. The van der Waals surface area contributed by atoms with Crippen LogP contribution in [-0.4, -0.2) is 22.1 Å². The van der Waals surface area contributed by atoms with Crippen molar-refractivity contribution in [2.45, 2.75) is 39.9 Å². The molecule has 1 unspecified atom stereocenters. The summed E-state index contributed by atoms with van der Waals surface area (Å²) in [5, 5.41) is 6.60. The number of nitrogens with zero attached hydrogens (tertiary/aromatic N) is 3. The molecule has 29 heavy (non-hydrogen) atoms. The Morgan fingerprint density at radius 1 is 1.21 bits per heavy atom. The van der Waals surface area contributed by atoms with Gasteiger partial charge in [0.05, 0.1) is 6.04 Å². The van der Waals surface area contributed by atoms with Gasteiger partial charge in [0.1, 0.15) is 18.2 Å². The van der Waals surface area contributed by atoms with Gasteiger partial charge >= 0.3 is 0 Å². The van der Waals surface area contributed by atoms with Gasteiger partial charge in [-0.05, 0) is 43.5 Å². The van der Waals surface area contributed by atoms with Crippen molar-refractivity contribution in [3.8, 4) is 0 Å². The standard InChI is InChI=1S/C23H28FN5/c1-4-25-23(28-18(3)20-11-10-17(2)21(24)14-20)27-15-22-26-12-13-29(22)16-19-8-6-5-7-9-19/h5-14,18H,4,15-16H2,1-3H3,(H2,25,27,28). The zero-order chi connectivity index (χ0) is 20.6. The molecule has 0 bridgehead atoms. The van der Waals surface area contributed by atoms with Crippen molar-refractivity contribution < 1.29 is 4.39 Å². The number of hydrogen-bond acceptors (Lipinski definition) is 2. The predicted molar refractivity (Wildman–Crippen MR) is 115 cm³/mol. The van der Waals surface area contributed by atoms with Crippen LogP contribution in [0, 0.1) is 12.7 Å². The van der Waals surface area contributed by atoms with Gasteiger partial charge in [0.15, 0.2) is 5.96 Å². The highest BCUT2D eigenvalue weighted by atomic mass is 19.1. The summed E-state index contributed by atoms with van der Waals surface area (Å²) < 4.78 is 16.0. The first kappa shape index (κ1) is 20.6. The summed E-state index contributed by atoms with van der Waals surface area (Å²) in [6.07, 6.45) is 3.77. The van der Waals surface area contributed by atoms with E-state index in [0.717, 1.165) is 24.5 Å². The number of aromatic nitrogens is 2. The molecular weight excluding hydrogens is 365 g/mol. The van der Waals surface area contributed by atoms with Gasteiger partial charge < -0.3 is 15.2 Å². The van der Waals surface area contributed by atoms with Gasteiger partial charge in [-0.1, -0.05) is 42.5 Å². The van der Waals surface area contributed by atoms with E-state index in [0.29, 0.717) is 18.1 Å². The molecule has 2 N–H and O–H groups in total. The van der Waals surface area contributed by atoms with E-state index in [1.54, 1.807) is 25.3 Å². The monoisotopic (exact) mass is 393 g/mol. The molecule has 0 saturated carbocycles. The second-order valence-electron chi connectivity index (χ2n) is 7.03. The zero-order valence-corrected chi connectivity index (χ0v) is 17.2. The highest BCUT2D eigenvalue weighted by Gasteiger charge is 2.10. The summed E-state index contributed by atoms with van der Waals surface area (Å²) in [5.41, 5.74) is 2.74. The molecule has 3 rings (SSSR count). The van der Waals surface area contributed by atoms with Crippen LogP contribution >= 0.6 is 0 Å². The molecule has 3 aromatic rings. The third-order valence-corrected chi connectivity index (χ3v) is 4.77. The summed E-state index contributed by atoms with van der Waals surface area (Å²) in [6.45, 7) is 7.72. The van der Waals surface area contributed by atoms with Gasteiger partial charge in [0.2, 0.25) is 0 Å². The summed E-state index contributed by atoms with van der Waals surface area (Å²) in [7, 11) is 0. The summed E-state index contributed by atoms with van der Waals surface area (Å²) in [6, 6.07) is 15.5. The van der Waals surface area contributed by atoms with E-state index in [1.165, 1.54) is 5.56 Å². The molecule has 0 radical (unpaired) electrons. The van der Waals surface area contributed by atoms with Gasteiger partial charge in [-0.2, -0.15) is 0 Å². The quantitative estimate of drug-likeness (QED) is 0.467. The average Bonchev–Trinajstić information content (AvgIpc) is 3.16. The maximum Gasteiger partial charge on any atom is 0.192 e. The average molecular weight is 394 g/mol. The molecule has 0 aliphatic heterocycles. The second kappa shape index (κ2) is 9.87. The molecule has 1 heterocycles. The van der Waals surface area contributed by atoms with Gasteiger partial charge in [-0.25, -0.2) is 14.4 Å². The highest BCUT2D eigenvalue weighted by Crippen LogP contribution is 2.16. The van der Waals surface area contributed by atoms with E-state index < -0.39 is 0 Å². The minimum absolute atomic E-state index is 0.0769. The Morgan fingerprint density at radius 3 is 2.72 bits per heavy atom. The summed E-state index contributed by atoms with van der Waals surface area (Å²) in [4.78, 5) is 9.13. The number of aliphatic imine (C=N–C) groups is 1. The van der Waals surface area contributed by atoms with Crippen LogP contribution in [0.25, 0.3) is 0 Å². The van der Waals surface area contributed by atoms with Gasteiger partial charge in [-0.15, -0.1) is 0 Å². The molecule has 0 aliphatic carbocycles. The smallest absolute Gasteiger partial charge is 0.192 e. The van der Waals surface area contributed by atoms with Crippen LogP contribution in [-0.2, 0) is 13.1 Å². The highest BCUT2D eigenvalue weighted by molar-refractivity contribution is 5.80. The number of benzene rings is 2. The molecular formula is C23H28FN5. The van der Waals surface area contributed by atoms with Crippen LogP contribution in [0.15, 0.2) is 65.9 Å². The molecule has 1 aromatic heterocycles. The van der Waals surface area contributed by atoms with E-state index in [-0.39, 0.29) is 11.9 Å². The third-order valence-electron chi connectivity index (χ3n) is 4.77. The lowest BCUT2D eigenvalue weighted by Gasteiger charge is -2.18. The normalized spacial score (nSPS) is 12.6. The number of imidazole rings is 1. The van der Waals surface area contributed by atoms with E-state index in [9.17, 15) is 4.39 Å². The first-order chi connectivity index (χ1) is 14.1. The van der Waals surface area contributed by atoms with E-state index in [1.807, 2.05) is 44.3 Å². The summed E-state index contributed by atoms with van der Waals surface area (Å²) in [5.74, 6) is 1.37. The Morgan fingerprint density at radius 2 is 2.00 bits per heavy atom. The first-order valence-corrected chi connectivity index (χ1v) is 9.91. The zero-order valence-electron chi connectivity index (χ0n) is 17.2. The Hall–Kier alpha value is -3.15. The number of halogens is 1. The number of rotatable bonds is 7. The Balaban J connectivity index is 1.69. The van der Waals surface area contributed by atoms with Crippen molar-refractivity contribution in [1.82, 2.24) is 20.2 Å². The van der Waals surface area contributed by atoms with E-state index >= 15 is 0 Å². The Bertz CT molecular complexity index is 949. The number of aryl methyl sites for hydroxylation is 1. The lowest BCUT2D eigenvalue weighted by atomic mass is 10.1. The molecule has 0 saturated heterocycles. The molecule has 2 aromatic carbocycles. The van der Waals surface area contributed by atoms with Crippen molar-refractivity contribution >= 4 is 5.96 Å². The summed E-state index contributed by atoms with van der Waals surface area (Å²) >= 11 is 0. The van der Waals surface area contributed by atoms with E-state index in [4.69, 9.17) is 0 Å². The van der Waals surface area contributed by atoms with Crippen LogP contribution in [0.4, 0.5) is 4.39 Å². The SMILES string of the molecule is CCNC(=NCc1nccn1Cc1ccccc1)NC(C)c1ccc(C)c(F)c1. The molecule has 5 nitrogen and oxygen atoms in total. The maximum absolute atomic E-state index is 13.9. The van der Waals surface area contributed by atoms with Gasteiger partial charge in [0, 0.05) is 25.5 Å². The van der Waals surface area contributed by atoms with Crippen molar-refractivity contribution in [3.63, 3.8) is 0 Å². The molecule has 152 valence electrons. The van der Waals surface area contributed by atoms with E-state index in [2.05, 4.69) is 37.3 Å². The minimum Gasteiger partial charge on any atom is -0.357 e. The predicted octanol–water partition coefficient (Wildman–Crippen LogP) is 4.20. The maximum atomic E-state index is 13.9. The second-order valence-corrected chi connectivity index (χ2v) is 7.03. The fraction of sp³-hybridized carbons (Fsp3) is 0.304. The molecule has 6 heteroatoms. The van der Waals surface area contributed by atoms with Crippen LogP contribution in [0.5, 0.6) is 0 Å². The Kier molecular flexibility index (Phi) is 7.00. The largest absolute Gasteiger partial charge is 0.357 e. The minimum atomic E-state index is -0.193. The topological polar surface area (TPSA) is 54.2 Å². The van der Waals surface area contributed by atoms with Crippen molar-refractivity contribution in [3.05, 3.63) is 89.3 Å². The van der Waals surface area contributed by atoms with Crippen LogP contribution in [0.1, 0.15) is 42.4 Å². The fourth-order valence-electron chi connectivity index (χ4n) is 3.05. The van der Waals surface area contributed by atoms with Crippen molar-refractivity contribution in [2.24, 2.45) is 4.99 Å². The van der Waals surface area contributed by atoms with Crippen molar-refractivity contribution in [1.29, 1.82) is 0 Å². The van der Waals surface area contributed by atoms with Crippen LogP contribution in [0.3, 0.4) is 0 Å². The number of guanidine groups is 1. The third kappa shape index (κ3) is 5.67. The number of hydrogen-bond donors (Lipinski definition) is 2. The lowest BCUT2D eigenvalue weighted by molar-refractivity contribution is 0.607. The molecule has 0 spiro atoms. The van der Waals surface area contributed by atoms with Gasteiger partial charge in [0.25, 0.3) is 0 Å². The molecule has 0 aliphatic rings.